The van der Waals surface area contributed by atoms with E-state index in [1.165, 1.54) is 43.5 Å². The number of hydrogen-bond donors (Lipinski definition) is 0. The van der Waals surface area contributed by atoms with Gasteiger partial charge < -0.3 is 4.57 Å². The zero-order valence-electron chi connectivity index (χ0n) is 17.0. The third-order valence-corrected chi connectivity index (χ3v) is 6.02. The summed E-state index contributed by atoms with van der Waals surface area (Å²) in [5.41, 5.74) is 2.99. The van der Waals surface area contributed by atoms with Crippen LogP contribution in [0.5, 0.6) is 0 Å². The molecule has 0 aliphatic heterocycles. The van der Waals surface area contributed by atoms with Gasteiger partial charge in [-0.3, -0.25) is 4.90 Å². The molecule has 0 atom stereocenters. The summed E-state index contributed by atoms with van der Waals surface area (Å²) in [6.07, 6.45) is 7.96. The Morgan fingerprint density at radius 2 is 1.53 bits per heavy atom. The number of aromatic nitrogens is 1. The largest absolute Gasteiger partial charge is 0.346 e. The smallest absolute Gasteiger partial charge is 0.159 e. The molecular weight excluding hydrogens is 385 g/mol. The third-order valence-electron chi connectivity index (χ3n) is 6.02. The van der Waals surface area contributed by atoms with Gasteiger partial charge in [-0.05, 0) is 60.4 Å². The molecule has 3 aromatic rings. The predicted octanol–water partition coefficient (Wildman–Crippen LogP) is 6.29. The van der Waals surface area contributed by atoms with Gasteiger partial charge in [-0.25, -0.2) is 13.2 Å². The first-order valence-corrected chi connectivity index (χ1v) is 10.6. The SMILES string of the molecule is Fc1ccc(Cn2cccc2CN(Cc2ccc(F)c(F)c2)C2CCCCC2)cc1. The second-order valence-corrected chi connectivity index (χ2v) is 8.20. The maximum absolute atomic E-state index is 13.8. The van der Waals surface area contributed by atoms with Gasteiger partial charge in [0.05, 0.1) is 0 Å². The molecule has 2 nitrogen and oxygen atoms in total. The van der Waals surface area contributed by atoms with Crippen molar-refractivity contribution in [2.75, 3.05) is 0 Å². The molecule has 5 heteroatoms. The van der Waals surface area contributed by atoms with E-state index in [0.717, 1.165) is 36.2 Å². The lowest BCUT2D eigenvalue weighted by molar-refractivity contribution is 0.136. The van der Waals surface area contributed by atoms with Crippen molar-refractivity contribution >= 4 is 0 Å². The van der Waals surface area contributed by atoms with Gasteiger partial charge in [-0.1, -0.05) is 37.5 Å². The van der Waals surface area contributed by atoms with Crippen LogP contribution < -0.4 is 0 Å². The average Bonchev–Trinajstić information content (AvgIpc) is 3.19. The molecule has 1 aliphatic carbocycles. The molecule has 1 aliphatic rings. The summed E-state index contributed by atoms with van der Waals surface area (Å²) in [5, 5.41) is 0. The first-order valence-electron chi connectivity index (χ1n) is 10.6. The lowest BCUT2D eigenvalue weighted by atomic mass is 9.93. The zero-order valence-corrected chi connectivity index (χ0v) is 17.0. The highest BCUT2D eigenvalue weighted by molar-refractivity contribution is 5.20. The molecule has 1 aromatic heterocycles. The fraction of sp³-hybridized carbons (Fsp3) is 0.360. The summed E-state index contributed by atoms with van der Waals surface area (Å²) in [6, 6.07) is 15.3. The van der Waals surface area contributed by atoms with Crippen molar-refractivity contribution in [1.29, 1.82) is 0 Å². The molecule has 1 heterocycles. The third kappa shape index (κ3) is 5.14. The van der Waals surface area contributed by atoms with Crippen molar-refractivity contribution in [2.45, 2.75) is 57.8 Å². The van der Waals surface area contributed by atoms with Gasteiger partial charge in [-0.15, -0.1) is 0 Å². The second-order valence-electron chi connectivity index (χ2n) is 8.20. The Morgan fingerprint density at radius 1 is 0.800 bits per heavy atom. The van der Waals surface area contributed by atoms with E-state index in [0.29, 0.717) is 19.1 Å². The van der Waals surface area contributed by atoms with Crippen molar-refractivity contribution in [2.24, 2.45) is 0 Å². The minimum absolute atomic E-state index is 0.235. The number of nitrogens with zero attached hydrogens (tertiary/aromatic N) is 2. The molecule has 0 radical (unpaired) electrons. The van der Waals surface area contributed by atoms with Crippen molar-refractivity contribution in [3.8, 4) is 0 Å². The van der Waals surface area contributed by atoms with E-state index >= 15 is 0 Å². The molecule has 1 fully saturated rings. The summed E-state index contributed by atoms with van der Waals surface area (Å²) in [7, 11) is 0. The number of halogens is 3. The van der Waals surface area contributed by atoms with Crippen molar-refractivity contribution in [3.05, 3.63) is 95.1 Å². The highest BCUT2D eigenvalue weighted by Crippen LogP contribution is 2.26. The maximum atomic E-state index is 13.8. The number of hydrogen-bond acceptors (Lipinski definition) is 1. The Hall–Kier alpha value is -2.53. The van der Waals surface area contributed by atoms with Crippen LogP contribution in [0.15, 0.2) is 60.8 Å². The van der Waals surface area contributed by atoms with Crippen molar-refractivity contribution < 1.29 is 13.2 Å². The minimum Gasteiger partial charge on any atom is -0.346 e. The second kappa shape index (κ2) is 9.52. The molecule has 30 heavy (non-hydrogen) atoms. The topological polar surface area (TPSA) is 8.17 Å². The van der Waals surface area contributed by atoms with Crippen LogP contribution in [0.3, 0.4) is 0 Å². The summed E-state index contributed by atoms with van der Waals surface area (Å²) in [6.45, 7) is 1.99. The van der Waals surface area contributed by atoms with Crippen LogP contribution in [-0.2, 0) is 19.6 Å². The lowest BCUT2D eigenvalue weighted by Gasteiger charge is -2.34. The molecule has 0 bridgehead atoms. The molecule has 4 rings (SSSR count). The summed E-state index contributed by atoms with van der Waals surface area (Å²) >= 11 is 0. The van der Waals surface area contributed by atoms with Crippen LogP contribution >= 0.6 is 0 Å². The first kappa shape index (κ1) is 20.7. The van der Waals surface area contributed by atoms with E-state index in [9.17, 15) is 13.2 Å². The van der Waals surface area contributed by atoms with Crippen LogP contribution in [-0.4, -0.2) is 15.5 Å². The molecular formula is C25H27F3N2. The predicted molar refractivity (Wildman–Crippen MR) is 112 cm³/mol. The lowest BCUT2D eigenvalue weighted by Crippen LogP contribution is -2.36. The zero-order chi connectivity index (χ0) is 20.9. The molecule has 158 valence electrons. The summed E-state index contributed by atoms with van der Waals surface area (Å²) in [5.74, 6) is -1.84. The van der Waals surface area contributed by atoms with Gasteiger partial charge in [0, 0.05) is 37.6 Å². The summed E-state index contributed by atoms with van der Waals surface area (Å²) < 4.78 is 42.5. The number of benzene rings is 2. The average molecular weight is 412 g/mol. The van der Waals surface area contributed by atoms with E-state index < -0.39 is 11.6 Å². The highest BCUT2D eigenvalue weighted by Gasteiger charge is 2.23. The van der Waals surface area contributed by atoms with E-state index in [2.05, 4.69) is 15.5 Å². The van der Waals surface area contributed by atoms with Crippen LogP contribution in [0.25, 0.3) is 0 Å². The molecule has 0 saturated heterocycles. The van der Waals surface area contributed by atoms with Crippen LogP contribution in [0, 0.1) is 17.5 Å². The van der Waals surface area contributed by atoms with Crippen LogP contribution in [0.2, 0.25) is 0 Å². The van der Waals surface area contributed by atoms with Gasteiger partial charge in [0.15, 0.2) is 11.6 Å². The van der Waals surface area contributed by atoms with E-state index in [4.69, 9.17) is 0 Å². The van der Waals surface area contributed by atoms with Crippen LogP contribution in [0.1, 0.15) is 48.9 Å². The van der Waals surface area contributed by atoms with E-state index in [1.807, 2.05) is 12.3 Å². The van der Waals surface area contributed by atoms with Gasteiger partial charge in [0.25, 0.3) is 0 Å². The Balaban J connectivity index is 1.53. The fourth-order valence-corrected chi connectivity index (χ4v) is 4.37. The molecule has 0 spiro atoms. The van der Waals surface area contributed by atoms with Crippen molar-refractivity contribution in [1.82, 2.24) is 9.47 Å². The highest BCUT2D eigenvalue weighted by atomic mass is 19.2. The van der Waals surface area contributed by atoms with Gasteiger partial charge in [0.1, 0.15) is 5.82 Å². The molecule has 2 aromatic carbocycles. The van der Waals surface area contributed by atoms with Gasteiger partial charge in [-0.2, -0.15) is 0 Å². The molecule has 0 N–H and O–H groups in total. The Morgan fingerprint density at radius 3 is 2.27 bits per heavy atom. The Labute approximate surface area is 175 Å². The van der Waals surface area contributed by atoms with Crippen molar-refractivity contribution in [3.63, 3.8) is 0 Å². The molecule has 0 amide bonds. The van der Waals surface area contributed by atoms with E-state index in [-0.39, 0.29) is 5.82 Å². The first-order chi connectivity index (χ1) is 14.6. The fourth-order valence-electron chi connectivity index (χ4n) is 4.37. The Kier molecular flexibility index (Phi) is 6.58. The monoisotopic (exact) mass is 412 g/mol. The molecule has 1 saturated carbocycles. The standard InChI is InChI=1S/C25H27F3N2/c26-21-11-8-19(9-12-21)16-29-14-4-7-23(29)18-30(22-5-2-1-3-6-22)17-20-10-13-24(27)25(28)15-20/h4,7-15,22H,1-3,5-6,16-18H2. The number of rotatable bonds is 7. The minimum atomic E-state index is -0.809. The van der Waals surface area contributed by atoms with Gasteiger partial charge >= 0.3 is 0 Å². The van der Waals surface area contributed by atoms with E-state index in [1.54, 1.807) is 18.2 Å². The summed E-state index contributed by atoms with van der Waals surface area (Å²) in [4.78, 5) is 2.39. The maximum Gasteiger partial charge on any atom is 0.159 e. The molecule has 0 unspecified atom stereocenters. The van der Waals surface area contributed by atoms with Gasteiger partial charge in [0.2, 0.25) is 0 Å². The quantitative estimate of drug-likeness (QED) is 0.443. The van der Waals surface area contributed by atoms with Crippen LogP contribution in [0.4, 0.5) is 13.2 Å². The Bertz CT molecular complexity index is 959. The normalized spacial score (nSPS) is 15.1.